The molecule has 26 heavy (non-hydrogen) atoms. The summed E-state index contributed by atoms with van der Waals surface area (Å²) in [6, 6.07) is 7.61. The van der Waals surface area contributed by atoms with Crippen molar-refractivity contribution in [1.82, 2.24) is 9.29 Å². The number of hydrogen-bond acceptors (Lipinski definition) is 6. The van der Waals surface area contributed by atoms with Gasteiger partial charge in [0.15, 0.2) is 6.10 Å². The topological polar surface area (TPSA) is 104 Å². The van der Waals surface area contributed by atoms with Crippen LogP contribution in [-0.2, 0) is 21.8 Å². The molecular formula is C17H20N2O6S. The molecule has 0 radical (unpaired) electrons. The molecule has 0 aliphatic heterocycles. The summed E-state index contributed by atoms with van der Waals surface area (Å²) in [6.07, 6.45) is 0.258. The third-order valence-corrected chi connectivity index (χ3v) is 5.18. The molecule has 0 saturated heterocycles. The molecular weight excluding hydrogens is 360 g/mol. The average Bonchev–Trinajstić information content (AvgIpc) is 3.03. The predicted octanol–water partition coefficient (Wildman–Crippen LogP) is 1.37. The van der Waals surface area contributed by atoms with Gasteiger partial charge in [0.25, 0.3) is 0 Å². The zero-order valence-electron chi connectivity index (χ0n) is 14.8. The second kappa shape index (κ2) is 7.71. The molecule has 2 rings (SSSR count). The number of ketones is 1. The van der Waals surface area contributed by atoms with Gasteiger partial charge in [-0.15, -0.1) is 0 Å². The molecule has 1 aromatic carbocycles. The first-order valence-electron chi connectivity index (χ1n) is 7.68. The number of sulfonamides is 1. The number of hydrogen-bond donors (Lipinski definition) is 1. The molecule has 0 spiro atoms. The lowest BCUT2D eigenvalue weighted by Gasteiger charge is -2.13. The Kier molecular flexibility index (Phi) is 5.83. The number of rotatable bonds is 7. The van der Waals surface area contributed by atoms with Crippen molar-refractivity contribution in [3.05, 3.63) is 47.8 Å². The maximum Gasteiger partial charge on any atom is 0.355 e. The smallest absolute Gasteiger partial charge is 0.355 e. The first-order valence-corrected chi connectivity index (χ1v) is 9.17. The molecule has 140 valence electrons. The molecule has 0 amide bonds. The highest BCUT2D eigenvalue weighted by Crippen LogP contribution is 2.17. The molecule has 0 aliphatic rings. The van der Waals surface area contributed by atoms with Gasteiger partial charge in [-0.25, -0.2) is 17.9 Å². The number of aryl methyl sites for hydroxylation is 1. The largest absolute Gasteiger partial charge is 0.497 e. The summed E-state index contributed by atoms with van der Waals surface area (Å²) in [7, 11) is 0.621. The molecule has 1 unspecified atom stereocenters. The van der Waals surface area contributed by atoms with Gasteiger partial charge < -0.3 is 14.0 Å². The van der Waals surface area contributed by atoms with Crippen LogP contribution < -0.4 is 9.46 Å². The van der Waals surface area contributed by atoms with E-state index in [0.717, 1.165) is 0 Å². The first-order chi connectivity index (χ1) is 12.2. The maximum atomic E-state index is 12.4. The molecule has 1 N–H and O–H groups in total. The fraction of sp³-hybridized carbons (Fsp3) is 0.294. The van der Waals surface area contributed by atoms with E-state index in [2.05, 4.69) is 4.72 Å². The SMILES string of the molecule is CNS(=O)(=O)c1cc(C(=O)OC(C)C(=O)c2ccc(OC)cc2)n(C)c1. The van der Waals surface area contributed by atoms with E-state index in [1.807, 2.05) is 0 Å². The van der Waals surface area contributed by atoms with Crippen molar-refractivity contribution in [1.29, 1.82) is 0 Å². The summed E-state index contributed by atoms with van der Waals surface area (Å²) in [5.41, 5.74) is 0.393. The molecule has 8 nitrogen and oxygen atoms in total. The standard InChI is InChI=1S/C17H20N2O6S/c1-11(16(20)12-5-7-13(24-4)8-6-12)25-17(21)15-9-14(10-19(15)3)26(22,23)18-2/h5-11,18H,1-4H3. The minimum atomic E-state index is -3.69. The molecule has 0 bridgehead atoms. The van der Waals surface area contributed by atoms with Crippen LogP contribution in [0.3, 0.4) is 0 Å². The second-order valence-corrected chi connectivity index (χ2v) is 7.41. The minimum Gasteiger partial charge on any atom is -0.497 e. The van der Waals surface area contributed by atoms with Crippen LogP contribution >= 0.6 is 0 Å². The number of Topliss-reactive ketones (excluding diaryl/α,β-unsaturated/α-hetero) is 1. The van der Waals surface area contributed by atoms with Crippen molar-refractivity contribution >= 4 is 21.8 Å². The third-order valence-electron chi connectivity index (χ3n) is 3.80. The highest BCUT2D eigenvalue weighted by atomic mass is 32.2. The van der Waals surface area contributed by atoms with E-state index in [4.69, 9.17) is 9.47 Å². The summed E-state index contributed by atoms with van der Waals surface area (Å²) >= 11 is 0. The Morgan fingerprint density at radius 3 is 2.35 bits per heavy atom. The van der Waals surface area contributed by atoms with Crippen molar-refractivity contribution in [2.24, 2.45) is 7.05 Å². The minimum absolute atomic E-state index is 0.0215. The van der Waals surface area contributed by atoms with Gasteiger partial charge in [-0.2, -0.15) is 0 Å². The van der Waals surface area contributed by atoms with Crippen molar-refractivity contribution < 1.29 is 27.5 Å². The van der Waals surface area contributed by atoms with E-state index in [9.17, 15) is 18.0 Å². The van der Waals surface area contributed by atoms with Crippen molar-refractivity contribution in [3.8, 4) is 5.75 Å². The molecule has 2 aromatic rings. The Bertz CT molecular complexity index is 915. The van der Waals surface area contributed by atoms with Gasteiger partial charge in [0.05, 0.1) is 7.11 Å². The first kappa shape index (κ1) is 19.7. The highest BCUT2D eigenvalue weighted by Gasteiger charge is 2.24. The fourth-order valence-corrected chi connectivity index (χ4v) is 3.07. The number of ether oxygens (including phenoxy) is 2. The number of benzene rings is 1. The van der Waals surface area contributed by atoms with Crippen LogP contribution in [0.1, 0.15) is 27.8 Å². The van der Waals surface area contributed by atoms with Gasteiger partial charge in [-0.05, 0) is 44.3 Å². The van der Waals surface area contributed by atoms with E-state index < -0.39 is 22.1 Å². The van der Waals surface area contributed by atoms with Gasteiger partial charge in [0.1, 0.15) is 16.3 Å². The number of methoxy groups -OCH3 is 1. The summed E-state index contributed by atoms with van der Waals surface area (Å²) < 4.78 is 37.4. The molecule has 1 atom stereocenters. The predicted molar refractivity (Wildman–Crippen MR) is 93.9 cm³/mol. The van der Waals surface area contributed by atoms with E-state index in [-0.39, 0.29) is 16.4 Å². The van der Waals surface area contributed by atoms with Crippen LogP contribution in [-0.4, -0.2) is 45.0 Å². The Labute approximate surface area is 151 Å². The van der Waals surface area contributed by atoms with Gasteiger partial charge in [0, 0.05) is 18.8 Å². The zero-order chi connectivity index (χ0) is 19.5. The van der Waals surface area contributed by atoms with Crippen LogP contribution in [0.15, 0.2) is 41.4 Å². The molecule has 0 fully saturated rings. The molecule has 9 heteroatoms. The zero-order valence-corrected chi connectivity index (χ0v) is 15.7. The van der Waals surface area contributed by atoms with Crippen LogP contribution in [0.2, 0.25) is 0 Å². The summed E-state index contributed by atoms with van der Waals surface area (Å²) in [5.74, 6) is -0.564. The van der Waals surface area contributed by atoms with Crippen LogP contribution in [0, 0.1) is 0 Å². The molecule has 1 heterocycles. The maximum absolute atomic E-state index is 12.4. The van der Waals surface area contributed by atoms with E-state index >= 15 is 0 Å². The van der Waals surface area contributed by atoms with Crippen LogP contribution in [0.25, 0.3) is 0 Å². The fourth-order valence-electron chi connectivity index (χ4n) is 2.27. The molecule has 0 saturated carbocycles. The van der Waals surface area contributed by atoms with E-state index in [1.165, 1.54) is 45.0 Å². The lowest BCUT2D eigenvalue weighted by molar-refractivity contribution is 0.0309. The normalized spacial score (nSPS) is 12.5. The van der Waals surface area contributed by atoms with Crippen molar-refractivity contribution in [2.75, 3.05) is 14.2 Å². The second-order valence-electron chi connectivity index (χ2n) is 5.52. The van der Waals surface area contributed by atoms with Crippen LogP contribution in [0.4, 0.5) is 0 Å². The van der Waals surface area contributed by atoms with E-state index in [1.54, 1.807) is 24.3 Å². The average molecular weight is 380 g/mol. The third kappa shape index (κ3) is 4.12. The quantitative estimate of drug-likeness (QED) is 0.575. The lowest BCUT2D eigenvalue weighted by atomic mass is 10.1. The van der Waals surface area contributed by atoms with Crippen molar-refractivity contribution in [3.63, 3.8) is 0 Å². The van der Waals surface area contributed by atoms with Gasteiger partial charge in [-0.1, -0.05) is 0 Å². The number of carbonyl (C=O) groups is 2. The number of nitrogens with zero attached hydrogens (tertiary/aromatic N) is 1. The van der Waals surface area contributed by atoms with Gasteiger partial charge in [-0.3, -0.25) is 4.79 Å². The molecule has 1 aromatic heterocycles. The Morgan fingerprint density at radius 2 is 1.81 bits per heavy atom. The summed E-state index contributed by atoms with van der Waals surface area (Å²) in [6.45, 7) is 1.46. The number of esters is 1. The Hall–Kier alpha value is -2.65. The Balaban J connectivity index is 2.14. The Morgan fingerprint density at radius 1 is 1.19 bits per heavy atom. The van der Waals surface area contributed by atoms with Gasteiger partial charge in [0.2, 0.25) is 15.8 Å². The van der Waals surface area contributed by atoms with Gasteiger partial charge >= 0.3 is 5.97 Å². The monoisotopic (exact) mass is 380 g/mol. The molecule has 0 aliphatic carbocycles. The number of carbonyl (C=O) groups excluding carboxylic acids is 2. The lowest BCUT2D eigenvalue weighted by Crippen LogP contribution is -2.25. The number of nitrogens with one attached hydrogen (secondary N) is 1. The summed E-state index contributed by atoms with van der Waals surface area (Å²) in [5, 5.41) is 0. The van der Waals surface area contributed by atoms with Crippen molar-refractivity contribution in [2.45, 2.75) is 17.9 Å². The number of aromatic nitrogens is 1. The van der Waals surface area contributed by atoms with E-state index in [0.29, 0.717) is 11.3 Å². The summed E-state index contributed by atoms with van der Waals surface area (Å²) in [4.78, 5) is 24.6. The van der Waals surface area contributed by atoms with Crippen LogP contribution in [0.5, 0.6) is 5.75 Å². The highest BCUT2D eigenvalue weighted by molar-refractivity contribution is 7.89.